The van der Waals surface area contributed by atoms with Crippen LogP contribution in [0.15, 0.2) is 18.3 Å². The lowest BCUT2D eigenvalue weighted by atomic mass is 9.93. The molecule has 19 heavy (non-hydrogen) atoms. The van der Waals surface area contributed by atoms with Crippen LogP contribution in [-0.4, -0.2) is 31.3 Å². The van der Waals surface area contributed by atoms with Crippen LogP contribution in [0.5, 0.6) is 11.6 Å². The van der Waals surface area contributed by atoms with Crippen molar-refractivity contribution in [3.8, 4) is 11.6 Å². The van der Waals surface area contributed by atoms with E-state index in [1.54, 1.807) is 13.3 Å². The molecule has 1 aromatic rings. The Kier molecular flexibility index (Phi) is 5.02. The SMILES string of the molecule is COc1ccc(OC(CC(C)C)[C@H]2CCNC2)cn1. The van der Waals surface area contributed by atoms with Gasteiger partial charge in [-0.25, -0.2) is 4.98 Å². The molecule has 1 fully saturated rings. The number of pyridine rings is 1. The third-order valence-corrected chi connectivity index (χ3v) is 3.53. The van der Waals surface area contributed by atoms with Crippen molar-refractivity contribution in [2.75, 3.05) is 20.2 Å². The van der Waals surface area contributed by atoms with E-state index in [2.05, 4.69) is 24.1 Å². The van der Waals surface area contributed by atoms with Crippen molar-refractivity contribution < 1.29 is 9.47 Å². The predicted molar refractivity (Wildman–Crippen MR) is 75.6 cm³/mol. The van der Waals surface area contributed by atoms with E-state index in [-0.39, 0.29) is 6.10 Å². The Morgan fingerprint density at radius 2 is 2.26 bits per heavy atom. The second-order valence-electron chi connectivity index (χ2n) is 5.57. The molecule has 1 saturated heterocycles. The van der Waals surface area contributed by atoms with E-state index in [0.717, 1.165) is 25.3 Å². The third-order valence-electron chi connectivity index (χ3n) is 3.53. The van der Waals surface area contributed by atoms with E-state index in [0.29, 0.717) is 17.7 Å². The summed E-state index contributed by atoms with van der Waals surface area (Å²) in [7, 11) is 1.62. The number of nitrogens with one attached hydrogen (secondary N) is 1. The molecule has 0 amide bonds. The molecule has 0 aliphatic carbocycles. The fourth-order valence-corrected chi connectivity index (χ4v) is 2.53. The average molecular weight is 264 g/mol. The molecule has 0 spiro atoms. The first kappa shape index (κ1) is 14.1. The molecule has 106 valence electrons. The molecule has 2 heterocycles. The molecule has 0 aromatic carbocycles. The zero-order valence-corrected chi connectivity index (χ0v) is 12.1. The number of hydrogen-bond donors (Lipinski definition) is 1. The number of hydrogen-bond acceptors (Lipinski definition) is 4. The lowest BCUT2D eigenvalue weighted by Crippen LogP contribution is -2.30. The molecule has 4 nitrogen and oxygen atoms in total. The molecule has 2 atom stereocenters. The highest BCUT2D eigenvalue weighted by molar-refractivity contribution is 5.23. The third kappa shape index (κ3) is 4.10. The van der Waals surface area contributed by atoms with Crippen molar-refractivity contribution in [2.45, 2.75) is 32.8 Å². The highest BCUT2D eigenvalue weighted by Gasteiger charge is 2.27. The largest absolute Gasteiger partial charge is 0.488 e. The maximum absolute atomic E-state index is 6.15. The Morgan fingerprint density at radius 3 is 2.79 bits per heavy atom. The molecule has 0 bridgehead atoms. The average Bonchev–Trinajstić information content (AvgIpc) is 2.92. The molecular weight excluding hydrogens is 240 g/mol. The smallest absolute Gasteiger partial charge is 0.213 e. The van der Waals surface area contributed by atoms with Crippen LogP contribution >= 0.6 is 0 Å². The van der Waals surface area contributed by atoms with Crippen LogP contribution in [0.4, 0.5) is 0 Å². The van der Waals surface area contributed by atoms with Gasteiger partial charge in [-0.05, 0) is 31.4 Å². The summed E-state index contributed by atoms with van der Waals surface area (Å²) in [5.74, 6) is 2.69. The summed E-state index contributed by atoms with van der Waals surface area (Å²) < 4.78 is 11.2. The molecule has 1 N–H and O–H groups in total. The monoisotopic (exact) mass is 264 g/mol. The first-order chi connectivity index (χ1) is 9.19. The van der Waals surface area contributed by atoms with E-state index >= 15 is 0 Å². The summed E-state index contributed by atoms with van der Waals surface area (Å²) in [5.41, 5.74) is 0. The quantitative estimate of drug-likeness (QED) is 0.857. The van der Waals surface area contributed by atoms with Crippen LogP contribution in [0, 0.1) is 11.8 Å². The Bertz CT molecular complexity index is 372. The minimum Gasteiger partial charge on any atom is -0.488 e. The highest BCUT2D eigenvalue weighted by atomic mass is 16.5. The van der Waals surface area contributed by atoms with Gasteiger partial charge in [0.15, 0.2) is 0 Å². The van der Waals surface area contributed by atoms with Crippen LogP contribution in [-0.2, 0) is 0 Å². The fraction of sp³-hybridized carbons (Fsp3) is 0.667. The molecule has 1 aromatic heterocycles. The van der Waals surface area contributed by atoms with Gasteiger partial charge in [0.05, 0.1) is 13.3 Å². The standard InChI is InChI=1S/C15H24N2O2/c1-11(2)8-14(12-6-7-16-9-12)19-13-4-5-15(18-3)17-10-13/h4-5,10-12,14,16H,6-9H2,1-3H3/t12-,14?/m0/s1. The van der Waals surface area contributed by atoms with Crippen LogP contribution in [0.2, 0.25) is 0 Å². The maximum atomic E-state index is 6.15. The number of methoxy groups -OCH3 is 1. The lowest BCUT2D eigenvalue weighted by molar-refractivity contribution is 0.119. The van der Waals surface area contributed by atoms with Gasteiger partial charge < -0.3 is 14.8 Å². The van der Waals surface area contributed by atoms with Crippen molar-refractivity contribution in [3.05, 3.63) is 18.3 Å². The van der Waals surface area contributed by atoms with Crippen molar-refractivity contribution in [1.82, 2.24) is 10.3 Å². The summed E-state index contributed by atoms with van der Waals surface area (Å²) in [6, 6.07) is 3.77. The second kappa shape index (κ2) is 6.75. The molecule has 4 heteroatoms. The van der Waals surface area contributed by atoms with Crippen LogP contribution in [0.3, 0.4) is 0 Å². The fourth-order valence-electron chi connectivity index (χ4n) is 2.53. The normalized spacial score (nSPS) is 20.5. The maximum Gasteiger partial charge on any atom is 0.213 e. The van der Waals surface area contributed by atoms with E-state index < -0.39 is 0 Å². The first-order valence-electron chi connectivity index (χ1n) is 7.06. The molecule has 0 radical (unpaired) electrons. The zero-order valence-electron chi connectivity index (χ0n) is 12.1. The number of rotatable bonds is 6. The van der Waals surface area contributed by atoms with Gasteiger partial charge in [-0.2, -0.15) is 0 Å². The van der Waals surface area contributed by atoms with Gasteiger partial charge in [-0.15, -0.1) is 0 Å². The second-order valence-corrected chi connectivity index (χ2v) is 5.57. The Hall–Kier alpha value is -1.29. The molecule has 1 unspecified atom stereocenters. The zero-order chi connectivity index (χ0) is 13.7. The number of ether oxygens (including phenoxy) is 2. The van der Waals surface area contributed by atoms with Crippen LogP contribution < -0.4 is 14.8 Å². The lowest BCUT2D eigenvalue weighted by Gasteiger charge is -2.25. The highest BCUT2D eigenvalue weighted by Crippen LogP contribution is 2.25. The topological polar surface area (TPSA) is 43.4 Å². The Labute approximate surface area is 115 Å². The number of aromatic nitrogens is 1. The van der Waals surface area contributed by atoms with Crippen molar-refractivity contribution in [2.24, 2.45) is 11.8 Å². The molecular formula is C15H24N2O2. The summed E-state index contributed by atoms with van der Waals surface area (Å²) in [4.78, 5) is 4.19. The molecule has 2 rings (SSSR count). The molecule has 1 aliphatic rings. The van der Waals surface area contributed by atoms with Gasteiger partial charge in [0.2, 0.25) is 5.88 Å². The summed E-state index contributed by atoms with van der Waals surface area (Å²) in [6.45, 7) is 6.64. The summed E-state index contributed by atoms with van der Waals surface area (Å²) >= 11 is 0. The number of nitrogens with zero attached hydrogens (tertiary/aromatic N) is 1. The minimum absolute atomic E-state index is 0.269. The van der Waals surface area contributed by atoms with Gasteiger partial charge in [0.1, 0.15) is 11.9 Å². The molecule has 1 aliphatic heterocycles. The van der Waals surface area contributed by atoms with E-state index in [1.165, 1.54) is 6.42 Å². The minimum atomic E-state index is 0.269. The van der Waals surface area contributed by atoms with Gasteiger partial charge in [-0.3, -0.25) is 0 Å². The van der Waals surface area contributed by atoms with Gasteiger partial charge in [0.25, 0.3) is 0 Å². The van der Waals surface area contributed by atoms with Gasteiger partial charge in [0, 0.05) is 18.5 Å². The van der Waals surface area contributed by atoms with Gasteiger partial charge >= 0.3 is 0 Å². The van der Waals surface area contributed by atoms with Crippen molar-refractivity contribution in [1.29, 1.82) is 0 Å². The van der Waals surface area contributed by atoms with Crippen LogP contribution in [0.25, 0.3) is 0 Å². The predicted octanol–water partition coefficient (Wildman–Crippen LogP) is 2.49. The van der Waals surface area contributed by atoms with Crippen molar-refractivity contribution in [3.63, 3.8) is 0 Å². The first-order valence-corrected chi connectivity index (χ1v) is 7.06. The summed E-state index contributed by atoms with van der Waals surface area (Å²) in [6.07, 6.45) is 4.29. The van der Waals surface area contributed by atoms with E-state index in [4.69, 9.17) is 9.47 Å². The van der Waals surface area contributed by atoms with Crippen molar-refractivity contribution >= 4 is 0 Å². The molecule has 0 saturated carbocycles. The van der Waals surface area contributed by atoms with Gasteiger partial charge in [-0.1, -0.05) is 13.8 Å². The Morgan fingerprint density at radius 1 is 1.42 bits per heavy atom. The van der Waals surface area contributed by atoms with E-state index in [1.807, 2.05) is 12.1 Å². The van der Waals surface area contributed by atoms with E-state index in [9.17, 15) is 0 Å². The van der Waals surface area contributed by atoms with Crippen LogP contribution in [0.1, 0.15) is 26.7 Å². The Balaban J connectivity index is 2.01. The summed E-state index contributed by atoms with van der Waals surface area (Å²) in [5, 5.41) is 3.41.